The highest BCUT2D eigenvalue weighted by Gasteiger charge is 2.26. The van der Waals surface area contributed by atoms with E-state index in [1.165, 1.54) is 0 Å². The van der Waals surface area contributed by atoms with Gasteiger partial charge < -0.3 is 19.3 Å². The quantitative estimate of drug-likeness (QED) is 0.590. The van der Waals surface area contributed by atoms with Crippen molar-refractivity contribution >= 4 is 17.7 Å². The van der Waals surface area contributed by atoms with Crippen molar-refractivity contribution in [2.24, 2.45) is 0 Å². The van der Waals surface area contributed by atoms with Gasteiger partial charge in [-0.15, -0.1) is 0 Å². The van der Waals surface area contributed by atoms with Crippen molar-refractivity contribution in [1.82, 2.24) is 4.90 Å². The molecule has 26 heavy (non-hydrogen) atoms. The molecule has 1 amide bonds. The fourth-order valence-electron chi connectivity index (χ4n) is 2.67. The Balaban J connectivity index is 1.85. The number of carbonyl (C=O) groups excluding carboxylic acids is 2. The molecule has 1 heterocycles. The molecule has 2 rings (SSSR count). The Hall–Kier alpha value is -2.24. The van der Waals surface area contributed by atoms with E-state index in [0.717, 1.165) is 31.6 Å². The van der Waals surface area contributed by atoms with E-state index in [0.29, 0.717) is 25.3 Å². The van der Waals surface area contributed by atoms with Crippen LogP contribution >= 0.6 is 0 Å². The average Bonchev–Trinajstić information content (AvgIpc) is 2.61. The Kier molecular flexibility index (Phi) is 6.89. The van der Waals surface area contributed by atoms with E-state index in [-0.39, 0.29) is 12.1 Å². The number of hydrogen-bond acceptors (Lipinski definition) is 5. The van der Waals surface area contributed by atoms with Crippen molar-refractivity contribution < 1.29 is 19.1 Å². The highest BCUT2D eigenvalue weighted by atomic mass is 16.6. The first kappa shape index (κ1) is 20.1. The van der Waals surface area contributed by atoms with E-state index in [4.69, 9.17) is 9.47 Å². The van der Waals surface area contributed by atoms with E-state index < -0.39 is 5.60 Å². The maximum Gasteiger partial charge on any atom is 0.410 e. The minimum atomic E-state index is -0.476. The summed E-state index contributed by atoms with van der Waals surface area (Å²) >= 11 is 0. The van der Waals surface area contributed by atoms with Gasteiger partial charge >= 0.3 is 12.1 Å². The fraction of sp³-hybridized carbons (Fsp3) is 0.600. The van der Waals surface area contributed by atoms with E-state index >= 15 is 0 Å². The van der Waals surface area contributed by atoms with Crippen molar-refractivity contribution in [3.8, 4) is 0 Å². The number of benzene rings is 1. The third kappa shape index (κ3) is 5.93. The third-order valence-corrected chi connectivity index (χ3v) is 4.13. The molecule has 0 bridgehead atoms. The molecular weight excluding hydrogens is 332 g/mol. The van der Waals surface area contributed by atoms with E-state index in [1.807, 2.05) is 32.9 Å². The van der Waals surface area contributed by atoms with Gasteiger partial charge in [-0.3, -0.25) is 0 Å². The lowest BCUT2D eigenvalue weighted by Crippen LogP contribution is -2.50. The third-order valence-electron chi connectivity index (χ3n) is 4.13. The van der Waals surface area contributed by atoms with Crippen molar-refractivity contribution in [3.05, 3.63) is 29.8 Å². The summed E-state index contributed by atoms with van der Waals surface area (Å²) in [5, 5.41) is 0. The molecule has 0 aromatic heterocycles. The van der Waals surface area contributed by atoms with Gasteiger partial charge in [0.05, 0.1) is 12.2 Å². The number of ether oxygens (including phenoxy) is 2. The predicted molar refractivity (Wildman–Crippen MR) is 102 cm³/mol. The maximum absolute atomic E-state index is 12.1. The molecule has 1 aliphatic rings. The van der Waals surface area contributed by atoms with Crippen LogP contribution in [0.15, 0.2) is 24.3 Å². The molecule has 144 valence electrons. The lowest BCUT2D eigenvalue weighted by Gasteiger charge is -2.36. The highest BCUT2D eigenvalue weighted by Crippen LogP contribution is 2.19. The molecule has 0 radical (unpaired) electrons. The smallest absolute Gasteiger partial charge is 0.410 e. The van der Waals surface area contributed by atoms with Crippen LogP contribution in [0.1, 0.15) is 50.9 Å². The van der Waals surface area contributed by atoms with Crippen LogP contribution in [0.3, 0.4) is 0 Å². The zero-order valence-corrected chi connectivity index (χ0v) is 16.3. The molecule has 1 aliphatic heterocycles. The molecular formula is C20H30N2O4. The van der Waals surface area contributed by atoms with Gasteiger partial charge in [-0.05, 0) is 51.5 Å². The molecule has 1 aromatic carbocycles. The van der Waals surface area contributed by atoms with Crippen LogP contribution in [-0.2, 0) is 9.47 Å². The van der Waals surface area contributed by atoms with Gasteiger partial charge in [0.25, 0.3) is 0 Å². The van der Waals surface area contributed by atoms with Crippen LogP contribution in [0.25, 0.3) is 0 Å². The van der Waals surface area contributed by atoms with E-state index in [9.17, 15) is 9.59 Å². The van der Waals surface area contributed by atoms with Crippen molar-refractivity contribution in [3.63, 3.8) is 0 Å². The standard InChI is InChI=1S/C20H30N2O4/c1-5-6-15-25-18(23)16-7-9-17(10-8-16)21-11-13-22(14-12-21)19(24)26-20(2,3)4/h7-10H,5-6,11-15H2,1-4H3. The number of piperazine rings is 1. The predicted octanol–water partition coefficient (Wildman–Crippen LogP) is 3.70. The zero-order chi connectivity index (χ0) is 19.2. The van der Waals surface area contributed by atoms with Gasteiger partial charge in [0.1, 0.15) is 5.60 Å². The summed E-state index contributed by atoms with van der Waals surface area (Å²) < 4.78 is 10.6. The van der Waals surface area contributed by atoms with Crippen LogP contribution < -0.4 is 4.90 Å². The number of nitrogens with zero attached hydrogens (tertiary/aromatic N) is 2. The molecule has 0 aliphatic carbocycles. The van der Waals surface area contributed by atoms with Gasteiger partial charge in [-0.2, -0.15) is 0 Å². The molecule has 0 saturated carbocycles. The lowest BCUT2D eigenvalue weighted by atomic mass is 10.2. The Morgan fingerprint density at radius 3 is 2.19 bits per heavy atom. The summed E-state index contributed by atoms with van der Waals surface area (Å²) in [4.78, 5) is 28.0. The number of carbonyl (C=O) groups is 2. The minimum absolute atomic E-state index is 0.262. The van der Waals surface area contributed by atoms with Crippen LogP contribution in [0.2, 0.25) is 0 Å². The summed E-state index contributed by atoms with van der Waals surface area (Å²) in [7, 11) is 0. The van der Waals surface area contributed by atoms with Crippen molar-refractivity contribution in [2.45, 2.75) is 46.1 Å². The van der Waals surface area contributed by atoms with Gasteiger partial charge in [0.2, 0.25) is 0 Å². The van der Waals surface area contributed by atoms with Crippen molar-refractivity contribution in [1.29, 1.82) is 0 Å². The molecule has 0 N–H and O–H groups in total. The molecule has 0 spiro atoms. The first-order valence-electron chi connectivity index (χ1n) is 9.30. The van der Waals surface area contributed by atoms with Crippen molar-refractivity contribution in [2.75, 3.05) is 37.7 Å². The Labute approximate surface area is 156 Å². The maximum atomic E-state index is 12.1. The van der Waals surface area contributed by atoms with Gasteiger partial charge in [-0.1, -0.05) is 13.3 Å². The van der Waals surface area contributed by atoms with Crippen LogP contribution in [-0.4, -0.2) is 55.3 Å². The second-order valence-corrected chi connectivity index (χ2v) is 7.49. The topological polar surface area (TPSA) is 59.1 Å². The highest BCUT2D eigenvalue weighted by molar-refractivity contribution is 5.89. The summed E-state index contributed by atoms with van der Waals surface area (Å²) in [5.41, 5.74) is 1.13. The molecule has 1 fully saturated rings. The largest absolute Gasteiger partial charge is 0.462 e. The van der Waals surface area contributed by atoms with Gasteiger partial charge in [0.15, 0.2) is 0 Å². The molecule has 0 unspecified atom stereocenters. The van der Waals surface area contributed by atoms with Crippen LogP contribution in [0.5, 0.6) is 0 Å². The second kappa shape index (κ2) is 8.92. The summed E-state index contributed by atoms with van der Waals surface area (Å²) in [5.74, 6) is -0.278. The number of unbranched alkanes of at least 4 members (excludes halogenated alkanes) is 1. The lowest BCUT2D eigenvalue weighted by molar-refractivity contribution is 0.0240. The minimum Gasteiger partial charge on any atom is -0.462 e. The van der Waals surface area contributed by atoms with Crippen LogP contribution in [0.4, 0.5) is 10.5 Å². The molecule has 1 aromatic rings. The summed E-state index contributed by atoms with van der Waals surface area (Å²) in [6.07, 6.45) is 1.62. The van der Waals surface area contributed by atoms with Gasteiger partial charge in [0, 0.05) is 31.9 Å². The number of esters is 1. The zero-order valence-electron chi connectivity index (χ0n) is 16.3. The SMILES string of the molecule is CCCCOC(=O)c1ccc(N2CCN(C(=O)OC(C)(C)C)CC2)cc1. The molecule has 1 saturated heterocycles. The monoisotopic (exact) mass is 362 g/mol. The summed E-state index contributed by atoms with van der Waals surface area (Å²) in [6, 6.07) is 7.45. The number of rotatable bonds is 5. The first-order chi connectivity index (χ1) is 12.3. The molecule has 6 nitrogen and oxygen atoms in total. The second-order valence-electron chi connectivity index (χ2n) is 7.49. The Morgan fingerprint density at radius 2 is 1.65 bits per heavy atom. The summed E-state index contributed by atoms with van der Waals surface area (Å²) in [6.45, 7) is 10.8. The average molecular weight is 362 g/mol. The number of anilines is 1. The normalized spacial score (nSPS) is 14.9. The van der Waals surface area contributed by atoms with E-state index in [2.05, 4.69) is 11.8 Å². The molecule has 0 atom stereocenters. The number of hydrogen-bond donors (Lipinski definition) is 0. The Bertz CT molecular complexity index is 599. The number of amides is 1. The first-order valence-corrected chi connectivity index (χ1v) is 9.30. The Morgan fingerprint density at radius 1 is 1.04 bits per heavy atom. The molecule has 6 heteroatoms. The fourth-order valence-corrected chi connectivity index (χ4v) is 2.67. The van der Waals surface area contributed by atoms with Crippen LogP contribution in [0, 0.1) is 0 Å². The van der Waals surface area contributed by atoms with E-state index in [1.54, 1.807) is 17.0 Å². The van der Waals surface area contributed by atoms with Gasteiger partial charge in [-0.25, -0.2) is 9.59 Å².